The lowest BCUT2D eigenvalue weighted by atomic mass is 10.1. The number of hydrogen-bond donors (Lipinski definition) is 0. The van der Waals surface area contributed by atoms with E-state index in [1.54, 1.807) is 18.3 Å². The first-order valence-electron chi connectivity index (χ1n) is 9.68. The van der Waals surface area contributed by atoms with Crippen LogP contribution in [0.2, 0.25) is 0 Å². The summed E-state index contributed by atoms with van der Waals surface area (Å²) < 4.78 is 11.9. The van der Waals surface area contributed by atoms with Crippen LogP contribution in [0.15, 0.2) is 98.8 Å². The van der Waals surface area contributed by atoms with E-state index >= 15 is 0 Å². The third kappa shape index (κ3) is 2.54. The Labute approximate surface area is 171 Å². The fourth-order valence-corrected chi connectivity index (χ4v) is 3.93. The number of rotatable bonds is 2. The number of para-hydroxylation sites is 3. The highest BCUT2D eigenvalue weighted by Crippen LogP contribution is 2.31. The highest BCUT2D eigenvalue weighted by Gasteiger charge is 2.12. The highest BCUT2D eigenvalue weighted by molar-refractivity contribution is 6.13. The number of carbonyl (C=O) groups excluding carboxylic acids is 1. The number of carbonyl (C=O) groups is 1. The summed E-state index contributed by atoms with van der Waals surface area (Å²) in [7, 11) is 0. The summed E-state index contributed by atoms with van der Waals surface area (Å²) in [4.78, 5) is 16.9. The van der Waals surface area contributed by atoms with E-state index in [-0.39, 0.29) is 5.91 Å². The number of benzene rings is 4. The zero-order valence-corrected chi connectivity index (χ0v) is 15.8. The van der Waals surface area contributed by atoms with Crippen molar-refractivity contribution in [2.45, 2.75) is 0 Å². The van der Waals surface area contributed by atoms with Gasteiger partial charge in [0.15, 0.2) is 0 Å². The molecule has 0 spiro atoms. The summed E-state index contributed by atoms with van der Waals surface area (Å²) in [6.45, 7) is 0. The molecule has 0 saturated heterocycles. The second-order valence-corrected chi connectivity index (χ2v) is 7.19. The average molecular weight is 389 g/mol. The molecular weight excluding hydrogens is 374 g/mol. The second kappa shape index (κ2) is 6.42. The van der Waals surface area contributed by atoms with Crippen LogP contribution in [0.4, 0.5) is 0 Å². The smallest absolute Gasteiger partial charge is 0.277 e. The minimum absolute atomic E-state index is 0.328. The van der Waals surface area contributed by atoms with Crippen LogP contribution in [0, 0.1) is 0 Å². The average Bonchev–Trinajstić information content (AvgIpc) is 3.35. The lowest BCUT2D eigenvalue weighted by Crippen LogP contribution is -1.95. The van der Waals surface area contributed by atoms with Gasteiger partial charge in [0.1, 0.15) is 22.3 Å². The number of furan rings is 2. The van der Waals surface area contributed by atoms with Crippen LogP contribution in [-0.4, -0.2) is 12.1 Å². The fraction of sp³-hybridized carbons (Fsp3) is 0. The SMILES string of the molecule is O=C(/N=C/c1cccc2c1oc1ccccc12)c1ccc2c(c1)oc1ccccc12. The summed E-state index contributed by atoms with van der Waals surface area (Å²) in [5.41, 5.74) is 4.27. The Kier molecular flexibility index (Phi) is 3.59. The lowest BCUT2D eigenvalue weighted by molar-refractivity contribution is 0.100. The predicted octanol–water partition coefficient (Wildman–Crippen LogP) is 6.74. The first kappa shape index (κ1) is 16.7. The van der Waals surface area contributed by atoms with Gasteiger partial charge in [-0.25, -0.2) is 4.99 Å². The first-order valence-corrected chi connectivity index (χ1v) is 9.68. The Hall–Kier alpha value is -4.18. The van der Waals surface area contributed by atoms with Crippen LogP contribution in [0.1, 0.15) is 15.9 Å². The molecule has 6 rings (SSSR count). The molecule has 2 aromatic heterocycles. The van der Waals surface area contributed by atoms with Gasteiger partial charge in [0.25, 0.3) is 5.91 Å². The third-order valence-electron chi connectivity index (χ3n) is 5.38. The number of nitrogens with zero attached hydrogens (tertiary/aromatic N) is 1. The van der Waals surface area contributed by atoms with Crippen molar-refractivity contribution in [2.24, 2.45) is 4.99 Å². The van der Waals surface area contributed by atoms with Crippen molar-refractivity contribution in [1.29, 1.82) is 0 Å². The maximum Gasteiger partial charge on any atom is 0.277 e. The number of hydrogen-bond acceptors (Lipinski definition) is 3. The molecule has 2 heterocycles. The van der Waals surface area contributed by atoms with Crippen molar-refractivity contribution in [3.05, 3.63) is 96.1 Å². The van der Waals surface area contributed by atoms with Gasteiger partial charge in [-0.3, -0.25) is 4.79 Å². The summed E-state index contributed by atoms with van der Waals surface area (Å²) >= 11 is 0. The topological polar surface area (TPSA) is 55.7 Å². The number of aliphatic imine (C=N–C) groups is 1. The minimum Gasteiger partial charge on any atom is -0.456 e. The molecule has 0 bridgehead atoms. The quantitative estimate of drug-likeness (QED) is 0.308. The Bertz CT molecular complexity index is 1620. The van der Waals surface area contributed by atoms with Gasteiger partial charge in [-0.15, -0.1) is 0 Å². The van der Waals surface area contributed by atoms with E-state index in [0.717, 1.165) is 43.9 Å². The van der Waals surface area contributed by atoms with Gasteiger partial charge in [-0.2, -0.15) is 0 Å². The van der Waals surface area contributed by atoms with Crippen LogP contribution in [0.3, 0.4) is 0 Å². The molecule has 0 saturated carbocycles. The number of amides is 1. The molecule has 0 atom stereocenters. The molecule has 0 aliphatic carbocycles. The van der Waals surface area contributed by atoms with Gasteiger partial charge in [0.2, 0.25) is 0 Å². The molecule has 0 aliphatic rings. The molecule has 0 fully saturated rings. The normalized spacial score (nSPS) is 12.0. The van der Waals surface area contributed by atoms with Crippen molar-refractivity contribution in [3.8, 4) is 0 Å². The summed E-state index contributed by atoms with van der Waals surface area (Å²) in [6, 6.07) is 27.0. The lowest BCUT2D eigenvalue weighted by Gasteiger charge is -1.97. The van der Waals surface area contributed by atoms with Gasteiger partial charge >= 0.3 is 0 Å². The summed E-state index contributed by atoms with van der Waals surface area (Å²) in [5.74, 6) is -0.328. The van der Waals surface area contributed by atoms with E-state index in [0.29, 0.717) is 11.1 Å². The van der Waals surface area contributed by atoms with Crippen LogP contribution in [0.5, 0.6) is 0 Å². The predicted molar refractivity (Wildman–Crippen MR) is 119 cm³/mol. The zero-order chi connectivity index (χ0) is 20.1. The second-order valence-electron chi connectivity index (χ2n) is 7.19. The molecule has 0 unspecified atom stereocenters. The van der Waals surface area contributed by atoms with Crippen molar-refractivity contribution in [3.63, 3.8) is 0 Å². The van der Waals surface area contributed by atoms with Gasteiger partial charge in [-0.05, 0) is 36.4 Å². The van der Waals surface area contributed by atoms with Gasteiger partial charge in [0.05, 0.1) is 0 Å². The van der Waals surface area contributed by atoms with Gasteiger partial charge in [0, 0.05) is 38.9 Å². The molecule has 6 aromatic rings. The maximum absolute atomic E-state index is 12.7. The third-order valence-corrected chi connectivity index (χ3v) is 5.38. The van der Waals surface area contributed by atoms with Gasteiger partial charge < -0.3 is 8.83 Å². The number of fused-ring (bicyclic) bond motifs is 6. The Balaban J connectivity index is 1.39. The van der Waals surface area contributed by atoms with Crippen LogP contribution in [0.25, 0.3) is 43.9 Å². The molecule has 4 nitrogen and oxygen atoms in total. The van der Waals surface area contributed by atoms with Crippen LogP contribution >= 0.6 is 0 Å². The molecule has 0 N–H and O–H groups in total. The van der Waals surface area contributed by atoms with E-state index in [4.69, 9.17) is 8.83 Å². The largest absolute Gasteiger partial charge is 0.456 e. The van der Waals surface area contributed by atoms with Crippen LogP contribution in [-0.2, 0) is 0 Å². The minimum atomic E-state index is -0.328. The highest BCUT2D eigenvalue weighted by atomic mass is 16.3. The summed E-state index contributed by atoms with van der Waals surface area (Å²) in [6.07, 6.45) is 1.57. The van der Waals surface area contributed by atoms with Crippen molar-refractivity contribution in [2.75, 3.05) is 0 Å². The molecule has 1 amide bonds. The Morgan fingerprint density at radius 2 is 1.33 bits per heavy atom. The molecule has 0 aliphatic heterocycles. The molecular formula is C26H15NO3. The van der Waals surface area contributed by atoms with Crippen molar-refractivity contribution >= 4 is 56.0 Å². The van der Waals surface area contributed by atoms with E-state index in [9.17, 15) is 4.79 Å². The van der Waals surface area contributed by atoms with Gasteiger partial charge in [-0.1, -0.05) is 48.5 Å². The van der Waals surface area contributed by atoms with E-state index in [1.807, 2.05) is 72.8 Å². The fourth-order valence-electron chi connectivity index (χ4n) is 3.93. The van der Waals surface area contributed by atoms with Crippen LogP contribution < -0.4 is 0 Å². The standard InChI is InChI=1S/C26H15NO3/c28-26(16-12-13-20-18-7-1-3-10-22(18)29-24(20)14-16)27-15-17-6-5-9-21-19-8-2-4-11-23(19)30-25(17)21/h1-15H/b27-15+. The zero-order valence-electron chi connectivity index (χ0n) is 15.8. The first-order chi connectivity index (χ1) is 14.8. The van der Waals surface area contributed by atoms with Crippen molar-refractivity contribution in [1.82, 2.24) is 0 Å². The Morgan fingerprint density at radius 3 is 2.17 bits per heavy atom. The molecule has 30 heavy (non-hydrogen) atoms. The summed E-state index contributed by atoms with van der Waals surface area (Å²) in [5, 5.41) is 4.07. The van der Waals surface area contributed by atoms with E-state index < -0.39 is 0 Å². The van der Waals surface area contributed by atoms with Crippen molar-refractivity contribution < 1.29 is 13.6 Å². The maximum atomic E-state index is 12.7. The molecule has 0 radical (unpaired) electrons. The van der Waals surface area contributed by atoms with E-state index in [2.05, 4.69) is 4.99 Å². The molecule has 4 heteroatoms. The van der Waals surface area contributed by atoms with E-state index in [1.165, 1.54) is 0 Å². The monoisotopic (exact) mass is 389 g/mol. The molecule has 4 aromatic carbocycles. The Morgan fingerprint density at radius 1 is 0.667 bits per heavy atom. The molecule has 142 valence electrons.